The number of hydrogen-bond donors (Lipinski definition) is 1. The van der Waals surface area contributed by atoms with Crippen LogP contribution in [0, 0.1) is 0 Å². The number of aromatic nitrogens is 1. The van der Waals surface area contributed by atoms with Gasteiger partial charge < -0.3 is 19.1 Å². The number of rotatable bonds is 5. The normalized spacial score (nSPS) is 10.6. The van der Waals surface area contributed by atoms with Crippen LogP contribution < -0.4 is 4.74 Å². The van der Waals surface area contributed by atoms with Gasteiger partial charge in [-0.05, 0) is 17.7 Å². The van der Waals surface area contributed by atoms with Gasteiger partial charge in [-0.2, -0.15) is 0 Å². The fourth-order valence-electron chi connectivity index (χ4n) is 1.84. The Kier molecular flexibility index (Phi) is 4.26. The molecular formula is C13H12ClNO5. The number of methoxy groups -OCH3 is 2. The van der Waals surface area contributed by atoms with E-state index in [4.69, 9.17) is 30.7 Å². The molecule has 0 aliphatic heterocycles. The SMILES string of the molecule is COCc1cc(Cl)cc(OC)c1-c1cc(C(=O)O)no1. The highest BCUT2D eigenvalue weighted by atomic mass is 35.5. The fourth-order valence-corrected chi connectivity index (χ4v) is 2.07. The lowest BCUT2D eigenvalue weighted by Gasteiger charge is -2.12. The molecule has 0 saturated carbocycles. The summed E-state index contributed by atoms with van der Waals surface area (Å²) in [6, 6.07) is 4.64. The molecule has 0 amide bonds. The van der Waals surface area contributed by atoms with Gasteiger partial charge >= 0.3 is 5.97 Å². The zero-order valence-corrected chi connectivity index (χ0v) is 11.6. The number of nitrogens with zero attached hydrogens (tertiary/aromatic N) is 1. The summed E-state index contributed by atoms with van der Waals surface area (Å²) >= 11 is 6.00. The molecule has 1 N–H and O–H groups in total. The first-order valence-electron chi connectivity index (χ1n) is 5.62. The average Bonchev–Trinajstić information content (AvgIpc) is 2.87. The van der Waals surface area contributed by atoms with E-state index in [9.17, 15) is 4.79 Å². The molecule has 1 aromatic carbocycles. The van der Waals surface area contributed by atoms with E-state index in [2.05, 4.69) is 5.16 Å². The minimum atomic E-state index is -1.17. The van der Waals surface area contributed by atoms with Gasteiger partial charge in [-0.3, -0.25) is 0 Å². The Morgan fingerprint density at radius 3 is 2.70 bits per heavy atom. The second-order valence-electron chi connectivity index (χ2n) is 3.96. The van der Waals surface area contributed by atoms with Crippen molar-refractivity contribution in [3.63, 3.8) is 0 Å². The average molecular weight is 298 g/mol. The van der Waals surface area contributed by atoms with Gasteiger partial charge in [-0.15, -0.1) is 0 Å². The highest BCUT2D eigenvalue weighted by Crippen LogP contribution is 2.36. The lowest BCUT2D eigenvalue weighted by molar-refractivity contribution is 0.0686. The van der Waals surface area contributed by atoms with Crippen LogP contribution in [0.5, 0.6) is 5.75 Å². The highest BCUT2D eigenvalue weighted by Gasteiger charge is 2.19. The van der Waals surface area contributed by atoms with Crippen molar-refractivity contribution >= 4 is 17.6 Å². The molecule has 2 aromatic rings. The van der Waals surface area contributed by atoms with Crippen molar-refractivity contribution in [3.05, 3.63) is 34.5 Å². The van der Waals surface area contributed by atoms with E-state index < -0.39 is 5.97 Å². The molecule has 0 atom stereocenters. The van der Waals surface area contributed by atoms with Crippen LogP contribution in [0.15, 0.2) is 22.7 Å². The molecular weight excluding hydrogens is 286 g/mol. The molecule has 0 radical (unpaired) electrons. The minimum absolute atomic E-state index is 0.180. The monoisotopic (exact) mass is 297 g/mol. The summed E-state index contributed by atoms with van der Waals surface area (Å²) < 4.78 is 15.4. The van der Waals surface area contributed by atoms with Crippen molar-refractivity contribution in [1.29, 1.82) is 0 Å². The number of carboxylic acid groups (broad SMARTS) is 1. The molecule has 0 fully saturated rings. The van der Waals surface area contributed by atoms with Crippen molar-refractivity contribution < 1.29 is 23.9 Å². The molecule has 1 heterocycles. The molecule has 106 valence electrons. The number of carbonyl (C=O) groups is 1. The van der Waals surface area contributed by atoms with Crippen LogP contribution in [0.3, 0.4) is 0 Å². The fraction of sp³-hybridized carbons (Fsp3) is 0.231. The van der Waals surface area contributed by atoms with Crippen molar-refractivity contribution in [2.45, 2.75) is 6.61 Å². The van der Waals surface area contributed by atoms with Crippen molar-refractivity contribution in [1.82, 2.24) is 5.16 Å². The number of ether oxygens (including phenoxy) is 2. The summed E-state index contributed by atoms with van der Waals surface area (Å²) in [7, 11) is 3.03. The second kappa shape index (κ2) is 5.94. The highest BCUT2D eigenvalue weighted by molar-refractivity contribution is 6.31. The van der Waals surface area contributed by atoms with Gasteiger partial charge in [-0.25, -0.2) is 4.79 Å². The molecule has 0 aliphatic carbocycles. The van der Waals surface area contributed by atoms with E-state index in [0.717, 1.165) is 0 Å². The maximum absolute atomic E-state index is 10.9. The van der Waals surface area contributed by atoms with Gasteiger partial charge in [-0.1, -0.05) is 16.8 Å². The lowest BCUT2D eigenvalue weighted by atomic mass is 10.0. The predicted octanol–water partition coefficient (Wildman–Crippen LogP) is 2.85. The molecule has 20 heavy (non-hydrogen) atoms. The summed E-state index contributed by atoms with van der Waals surface area (Å²) in [5.74, 6) is -0.429. The van der Waals surface area contributed by atoms with E-state index in [1.54, 1.807) is 19.2 Å². The van der Waals surface area contributed by atoms with Crippen molar-refractivity contribution in [2.24, 2.45) is 0 Å². The molecule has 6 nitrogen and oxygen atoms in total. The largest absolute Gasteiger partial charge is 0.496 e. The Balaban J connectivity index is 2.59. The Labute approximate surface area is 119 Å². The van der Waals surface area contributed by atoms with Crippen LogP contribution >= 0.6 is 11.6 Å². The lowest BCUT2D eigenvalue weighted by Crippen LogP contribution is -1.96. The van der Waals surface area contributed by atoms with Gasteiger partial charge in [0.25, 0.3) is 0 Å². The summed E-state index contributed by atoms with van der Waals surface area (Å²) in [5.41, 5.74) is 1.10. The van der Waals surface area contributed by atoms with Gasteiger partial charge in [0.15, 0.2) is 11.5 Å². The number of halogens is 1. The molecule has 0 saturated heterocycles. The van der Waals surface area contributed by atoms with Gasteiger partial charge in [0.05, 0.1) is 19.3 Å². The molecule has 7 heteroatoms. The minimum Gasteiger partial charge on any atom is -0.496 e. The zero-order chi connectivity index (χ0) is 14.7. The van der Waals surface area contributed by atoms with E-state index in [1.165, 1.54) is 13.2 Å². The standard InChI is InChI=1S/C13H12ClNO5/c1-18-6-7-3-8(14)4-10(19-2)12(7)11-5-9(13(16)17)15-20-11/h3-5H,6H2,1-2H3,(H,16,17). The molecule has 2 rings (SSSR count). The maximum Gasteiger partial charge on any atom is 0.358 e. The Bertz CT molecular complexity index is 638. The number of benzene rings is 1. The molecule has 0 aliphatic rings. The van der Waals surface area contributed by atoms with Crippen LogP contribution in [-0.2, 0) is 11.3 Å². The van der Waals surface area contributed by atoms with Gasteiger partial charge in [0.1, 0.15) is 5.75 Å². The van der Waals surface area contributed by atoms with Crippen molar-refractivity contribution in [3.8, 4) is 17.1 Å². The van der Waals surface area contributed by atoms with Gasteiger partial charge in [0, 0.05) is 18.2 Å². The summed E-state index contributed by atoms with van der Waals surface area (Å²) in [4.78, 5) is 10.9. The van der Waals surface area contributed by atoms with Crippen molar-refractivity contribution in [2.75, 3.05) is 14.2 Å². The predicted molar refractivity (Wildman–Crippen MR) is 71.2 cm³/mol. The molecule has 0 bridgehead atoms. The maximum atomic E-state index is 10.9. The Morgan fingerprint density at radius 2 is 2.15 bits per heavy atom. The van der Waals surface area contributed by atoms with Crippen LogP contribution in [0.25, 0.3) is 11.3 Å². The van der Waals surface area contributed by atoms with E-state index in [-0.39, 0.29) is 18.1 Å². The number of aromatic carboxylic acids is 1. The van der Waals surface area contributed by atoms with E-state index >= 15 is 0 Å². The molecule has 0 unspecified atom stereocenters. The topological polar surface area (TPSA) is 81.8 Å². The third-order valence-corrected chi connectivity index (χ3v) is 2.86. The first kappa shape index (κ1) is 14.4. The number of hydrogen-bond acceptors (Lipinski definition) is 5. The third kappa shape index (κ3) is 2.76. The Hall–Kier alpha value is -2.05. The molecule has 0 spiro atoms. The second-order valence-corrected chi connectivity index (χ2v) is 4.39. The summed E-state index contributed by atoms with van der Waals surface area (Å²) in [6.07, 6.45) is 0. The number of carboxylic acids is 1. The quantitative estimate of drug-likeness (QED) is 0.914. The van der Waals surface area contributed by atoms with E-state index in [1.807, 2.05) is 0 Å². The van der Waals surface area contributed by atoms with Crippen LogP contribution in [0.1, 0.15) is 16.1 Å². The molecule has 1 aromatic heterocycles. The summed E-state index contributed by atoms with van der Waals surface area (Å²) in [5, 5.41) is 12.9. The van der Waals surface area contributed by atoms with Crippen LogP contribution in [0.2, 0.25) is 5.02 Å². The van der Waals surface area contributed by atoms with E-state index in [0.29, 0.717) is 21.9 Å². The van der Waals surface area contributed by atoms with Gasteiger partial charge in [0.2, 0.25) is 0 Å². The summed E-state index contributed by atoms with van der Waals surface area (Å²) in [6.45, 7) is 0.273. The van der Waals surface area contributed by atoms with Crippen LogP contribution in [0.4, 0.5) is 0 Å². The third-order valence-electron chi connectivity index (χ3n) is 2.64. The Morgan fingerprint density at radius 1 is 1.40 bits per heavy atom. The van der Waals surface area contributed by atoms with Crippen LogP contribution in [-0.4, -0.2) is 30.5 Å². The smallest absolute Gasteiger partial charge is 0.358 e. The first-order chi connectivity index (χ1) is 9.56. The first-order valence-corrected chi connectivity index (χ1v) is 6.00. The zero-order valence-electron chi connectivity index (χ0n) is 10.8.